The normalized spacial score (nSPS) is 16.6. The number of nitrogens with two attached hydrogens (primary N) is 2. The van der Waals surface area contributed by atoms with Crippen molar-refractivity contribution >= 4 is 69.3 Å². The van der Waals surface area contributed by atoms with E-state index in [9.17, 15) is 57.2 Å². The van der Waals surface area contributed by atoms with Gasteiger partial charge in [-0.2, -0.15) is 0 Å². The summed E-state index contributed by atoms with van der Waals surface area (Å²) in [4.78, 5) is 114. The molecule has 90 heavy (non-hydrogen) atoms. The van der Waals surface area contributed by atoms with E-state index in [1.165, 1.54) is 48.2 Å². The number of amides is 7. The Morgan fingerprint density at radius 1 is 0.744 bits per heavy atom. The average Bonchev–Trinajstić information content (AvgIpc) is 1.73. The van der Waals surface area contributed by atoms with Crippen LogP contribution in [0.4, 0.5) is 4.79 Å². The number of ether oxygens (including phenoxy) is 3. The number of carbonyl (C=O) groups is 8. The highest BCUT2D eigenvalue weighted by Gasteiger charge is 2.60. The van der Waals surface area contributed by atoms with Gasteiger partial charge in [0.05, 0.1) is 10.5 Å². The molecule has 1 radical (unpaired) electrons. The molecule has 485 valence electrons. The summed E-state index contributed by atoms with van der Waals surface area (Å²) in [7, 11) is -4.13. The molecular weight excluding hydrogens is 1180 g/mol. The zero-order chi connectivity index (χ0) is 65.8. The number of hydrogen-bond donors (Lipinski definition) is 8. The van der Waals surface area contributed by atoms with Gasteiger partial charge in [0.25, 0.3) is 15.9 Å². The number of guanidine groups is 1. The first-order valence-corrected chi connectivity index (χ1v) is 31.1. The molecule has 2 aliphatic rings. The number of sulfonamides is 1. The van der Waals surface area contributed by atoms with Gasteiger partial charge in [-0.15, -0.1) is 0 Å². The molecule has 10 N–H and O–H groups in total. The number of amidine groups is 1. The maximum atomic E-state index is 14.7. The summed E-state index contributed by atoms with van der Waals surface area (Å²) >= 11 is 0. The summed E-state index contributed by atoms with van der Waals surface area (Å²) in [6.07, 6.45) is -0.197. The molecule has 2 aliphatic heterocycles. The van der Waals surface area contributed by atoms with Crippen molar-refractivity contribution in [3.05, 3.63) is 137 Å². The first-order chi connectivity index (χ1) is 42.7. The molecule has 6 rings (SSSR count). The smallest absolute Gasteiger partial charge is 0.407 e. The summed E-state index contributed by atoms with van der Waals surface area (Å²) < 4.78 is 45.4. The van der Waals surface area contributed by atoms with Gasteiger partial charge in [0, 0.05) is 31.3 Å². The van der Waals surface area contributed by atoms with E-state index in [4.69, 9.17) is 25.7 Å². The number of hydroxylamine groups is 3. The van der Waals surface area contributed by atoms with Gasteiger partial charge in [-0.1, -0.05) is 83.4 Å². The number of carbonyl (C=O) groups excluding carboxylic acids is 8. The standard InChI is InChI=1S/C62H81N12O15S/c1-40-24-30-46(31-25-40)90(85,86)71-59(64)65-35-15-22-48(69-54(78)47(32-33-51(63)75)68-52(76)39-87-45-28-26-44(27-29-45)56-73(83)61(3,4)62(5,6)74(56)84)57(80)72-36-16-23-50(72)55(79)67-41(2)53(77)70-49(58(81)88-37-42-17-9-7-10-18-42)21-13-14-34-66-60(82)89-38-43-19-11-8-12-20-43/h7-12,17-20,24-31,41,47-50H,13-16,21-23,32-39H2,1-6H3,(H2,63,75)(H,66,82)(H,67,79)(H,68,76)(H,69,78)(H,70,77)(H3,64,65,71)/t41-,47-,48-,49-,50-/m0/s1. The van der Waals surface area contributed by atoms with E-state index in [2.05, 4.69) is 36.3 Å². The molecule has 7 amide bonds. The predicted octanol–water partition coefficient (Wildman–Crippen LogP) is 2.98. The number of likely N-dealkylation sites (tertiary alicyclic amines) is 1. The molecule has 0 aliphatic carbocycles. The summed E-state index contributed by atoms with van der Waals surface area (Å²) in [6.45, 7) is 9.24. The van der Waals surface area contributed by atoms with Gasteiger partial charge in [-0.05, 0) is 140 Å². The number of unbranched alkanes of at least 4 members (excludes halogenated alkanes) is 1. The van der Waals surface area contributed by atoms with E-state index in [1.54, 1.807) is 77.1 Å². The first-order valence-electron chi connectivity index (χ1n) is 29.6. The van der Waals surface area contributed by atoms with Gasteiger partial charge in [0.15, 0.2) is 12.1 Å². The summed E-state index contributed by atoms with van der Waals surface area (Å²) in [5.41, 5.74) is 12.0. The third-order valence-electron chi connectivity index (χ3n) is 15.6. The quantitative estimate of drug-likeness (QED) is 0.00896. The van der Waals surface area contributed by atoms with Crippen molar-refractivity contribution in [2.75, 3.05) is 26.2 Å². The third kappa shape index (κ3) is 19.6. The van der Waals surface area contributed by atoms with Gasteiger partial charge in [0.1, 0.15) is 54.7 Å². The largest absolute Gasteiger partial charge is 0.714 e. The van der Waals surface area contributed by atoms with Crippen LogP contribution < -0.4 is 47.5 Å². The highest BCUT2D eigenvalue weighted by Crippen LogP contribution is 2.37. The molecule has 1 saturated heterocycles. The van der Waals surface area contributed by atoms with Crippen LogP contribution in [0.2, 0.25) is 0 Å². The van der Waals surface area contributed by atoms with Crippen LogP contribution in [0.5, 0.6) is 5.75 Å². The number of aliphatic imine (C=N–C) groups is 1. The van der Waals surface area contributed by atoms with Crippen LogP contribution in [0.1, 0.15) is 115 Å². The van der Waals surface area contributed by atoms with Gasteiger partial charge in [-0.25, -0.2) is 22.7 Å². The molecule has 27 nitrogen and oxygen atoms in total. The molecule has 1 fully saturated rings. The zero-order valence-electron chi connectivity index (χ0n) is 51.4. The molecule has 4 aromatic rings. The van der Waals surface area contributed by atoms with E-state index in [1.807, 2.05) is 30.3 Å². The van der Waals surface area contributed by atoms with Crippen LogP contribution in [0.3, 0.4) is 0 Å². The monoisotopic (exact) mass is 1270 g/mol. The maximum absolute atomic E-state index is 14.7. The van der Waals surface area contributed by atoms with Crippen molar-refractivity contribution in [1.82, 2.24) is 41.3 Å². The van der Waals surface area contributed by atoms with Gasteiger partial charge in [-0.3, -0.25) is 38.5 Å². The number of nitrogens with one attached hydrogen (secondary N) is 6. The van der Waals surface area contributed by atoms with Crippen molar-refractivity contribution in [1.29, 1.82) is 0 Å². The van der Waals surface area contributed by atoms with Crippen LogP contribution in [0.15, 0.2) is 119 Å². The molecule has 0 saturated carbocycles. The number of alkyl carbamates (subject to hydrolysis) is 1. The Balaban J connectivity index is 1.12. The van der Waals surface area contributed by atoms with Crippen molar-refractivity contribution < 1.29 is 70.9 Å². The number of hydrogen-bond acceptors (Lipinski definition) is 16. The minimum Gasteiger partial charge on any atom is -0.714 e. The predicted molar refractivity (Wildman–Crippen MR) is 329 cm³/mol. The van der Waals surface area contributed by atoms with Crippen LogP contribution in [-0.2, 0) is 71.5 Å². The Bertz CT molecular complexity index is 3330. The minimum absolute atomic E-state index is 0.00226. The van der Waals surface area contributed by atoms with Gasteiger partial charge >= 0.3 is 17.9 Å². The lowest BCUT2D eigenvalue weighted by Crippen LogP contribution is -2.58. The van der Waals surface area contributed by atoms with E-state index >= 15 is 0 Å². The second-order valence-electron chi connectivity index (χ2n) is 22.9. The molecule has 0 aromatic heterocycles. The Labute approximate surface area is 523 Å². The summed E-state index contributed by atoms with van der Waals surface area (Å²) in [6, 6.07) is 23.4. The van der Waals surface area contributed by atoms with E-state index in [0.29, 0.717) is 40.2 Å². The van der Waals surface area contributed by atoms with Crippen LogP contribution >= 0.6 is 0 Å². The lowest BCUT2D eigenvalue weighted by Gasteiger charge is -2.32. The van der Waals surface area contributed by atoms with Gasteiger partial charge < -0.3 is 62.4 Å². The second kappa shape index (κ2) is 32.3. The number of aryl methyl sites for hydroxylation is 1. The number of rotatable bonds is 31. The molecule has 28 heteroatoms. The van der Waals surface area contributed by atoms with Crippen molar-refractivity contribution in [2.24, 2.45) is 16.5 Å². The lowest BCUT2D eigenvalue weighted by molar-refractivity contribution is -0.539. The summed E-state index contributed by atoms with van der Waals surface area (Å²) in [5.74, 6) is -5.93. The highest BCUT2D eigenvalue weighted by atomic mass is 32.2. The second-order valence-corrected chi connectivity index (χ2v) is 24.6. The van der Waals surface area contributed by atoms with Gasteiger partial charge in [0.2, 0.25) is 35.5 Å². The molecule has 2 heterocycles. The number of nitrogens with zero attached hydrogens (tertiary/aromatic N) is 4. The molecule has 0 unspecified atom stereocenters. The Morgan fingerprint density at radius 2 is 1.36 bits per heavy atom. The third-order valence-corrected chi connectivity index (χ3v) is 17.0. The number of esters is 1. The topological polar surface area (TPSA) is 387 Å². The maximum Gasteiger partial charge on any atom is 0.407 e. The molecular formula is C62H81N12O15S. The molecule has 0 spiro atoms. The Hall–Kier alpha value is -9.31. The van der Waals surface area contributed by atoms with Crippen LogP contribution in [0.25, 0.3) is 0 Å². The van der Waals surface area contributed by atoms with Crippen molar-refractivity contribution in [3.8, 4) is 5.75 Å². The molecule has 5 atom stereocenters. The van der Waals surface area contributed by atoms with Crippen LogP contribution in [0, 0.1) is 12.1 Å². The van der Waals surface area contributed by atoms with E-state index in [-0.39, 0.29) is 87.9 Å². The lowest BCUT2D eigenvalue weighted by atomic mass is 9.84. The fourth-order valence-corrected chi connectivity index (χ4v) is 10.6. The highest BCUT2D eigenvalue weighted by molar-refractivity contribution is 7.90. The zero-order valence-corrected chi connectivity index (χ0v) is 52.2. The van der Waals surface area contributed by atoms with E-state index < -0.39 is 111 Å². The van der Waals surface area contributed by atoms with E-state index in [0.717, 1.165) is 11.1 Å². The number of primary amides is 1. The first kappa shape index (κ1) is 69.8. The SMILES string of the molecule is Cc1ccc(S(=O)(=O)NC(N)=NCCC[C@H](NC(=O)[C@H](CCC(N)=O)NC(=O)COc2ccc(C3=[N+]([O-])C(C)(C)C(C)(C)N3[O])cc2)C(=O)N2CCC[C@H]2C(=O)N[C@@H](C)C(=O)N[C@@H](CCCCNC(=O)OCc2ccccc2)C(=O)OCc2ccccc2)cc1. The van der Waals surface area contributed by atoms with Crippen LogP contribution in [-0.4, -0.2) is 150 Å². The summed E-state index contributed by atoms with van der Waals surface area (Å²) in [5, 5.41) is 40.3. The number of benzene rings is 4. The fraction of sp³-hybridized carbons (Fsp3) is 0.452. The van der Waals surface area contributed by atoms with Crippen molar-refractivity contribution in [2.45, 2.75) is 159 Å². The molecule has 0 bridgehead atoms. The minimum atomic E-state index is -4.13. The Kier molecular flexibility index (Phi) is 25.0. The average molecular weight is 1270 g/mol. The van der Waals surface area contributed by atoms with Crippen molar-refractivity contribution in [3.63, 3.8) is 0 Å². The molecule has 4 aromatic carbocycles. The Morgan fingerprint density at radius 3 is 1.97 bits per heavy atom. The fourth-order valence-electron chi connectivity index (χ4n) is 9.65.